The van der Waals surface area contributed by atoms with Gasteiger partial charge in [0.15, 0.2) is 0 Å². The average molecular weight is 224 g/mol. The molecule has 4 heteroatoms. The van der Waals surface area contributed by atoms with Gasteiger partial charge in [-0.3, -0.25) is 4.79 Å². The second kappa shape index (κ2) is 4.77. The molecule has 2 rings (SSSR count). The number of anilines is 1. The van der Waals surface area contributed by atoms with Crippen molar-refractivity contribution in [2.45, 2.75) is 25.8 Å². The van der Waals surface area contributed by atoms with Crippen molar-refractivity contribution in [3.63, 3.8) is 0 Å². The van der Waals surface area contributed by atoms with Crippen LogP contribution in [-0.4, -0.2) is 25.0 Å². The Morgan fingerprint density at radius 2 is 2.53 bits per heavy atom. The fourth-order valence-corrected chi connectivity index (χ4v) is 2.50. The molecule has 1 atom stereocenters. The summed E-state index contributed by atoms with van der Waals surface area (Å²) >= 11 is 1.63. The SMILES string of the molecule is CCCNC1CCN(c2ccsc2)C1=O. The molecule has 1 aromatic heterocycles. The topological polar surface area (TPSA) is 32.3 Å². The first-order valence-electron chi connectivity index (χ1n) is 5.40. The van der Waals surface area contributed by atoms with E-state index in [0.717, 1.165) is 31.6 Å². The molecule has 0 aliphatic carbocycles. The van der Waals surface area contributed by atoms with Crippen molar-refractivity contribution in [3.05, 3.63) is 16.8 Å². The second-order valence-electron chi connectivity index (χ2n) is 3.77. The summed E-state index contributed by atoms with van der Waals surface area (Å²) in [5.74, 6) is 0.224. The van der Waals surface area contributed by atoms with E-state index in [4.69, 9.17) is 0 Å². The molecular weight excluding hydrogens is 208 g/mol. The Balaban J connectivity index is 1.98. The lowest BCUT2D eigenvalue weighted by Crippen LogP contribution is -2.38. The highest BCUT2D eigenvalue weighted by Crippen LogP contribution is 2.23. The largest absolute Gasteiger partial charge is 0.310 e. The number of amides is 1. The average Bonchev–Trinajstić information content (AvgIpc) is 2.84. The summed E-state index contributed by atoms with van der Waals surface area (Å²) in [5, 5.41) is 7.32. The Hall–Kier alpha value is -0.870. The molecule has 1 fully saturated rings. The van der Waals surface area contributed by atoms with Crippen molar-refractivity contribution >= 4 is 22.9 Å². The van der Waals surface area contributed by atoms with Crippen LogP contribution in [0.25, 0.3) is 0 Å². The van der Waals surface area contributed by atoms with Crippen molar-refractivity contribution in [2.75, 3.05) is 18.0 Å². The highest BCUT2D eigenvalue weighted by Gasteiger charge is 2.31. The monoisotopic (exact) mass is 224 g/mol. The van der Waals surface area contributed by atoms with Crippen molar-refractivity contribution in [2.24, 2.45) is 0 Å². The zero-order chi connectivity index (χ0) is 10.7. The van der Waals surface area contributed by atoms with Gasteiger partial charge in [-0.15, -0.1) is 0 Å². The predicted octanol–water partition coefficient (Wildman–Crippen LogP) is 1.85. The molecule has 1 N–H and O–H groups in total. The smallest absolute Gasteiger partial charge is 0.244 e. The zero-order valence-corrected chi connectivity index (χ0v) is 9.72. The molecule has 0 radical (unpaired) electrons. The second-order valence-corrected chi connectivity index (χ2v) is 4.55. The fourth-order valence-electron chi connectivity index (χ4n) is 1.86. The van der Waals surface area contributed by atoms with E-state index in [1.54, 1.807) is 11.3 Å². The van der Waals surface area contributed by atoms with Gasteiger partial charge in [-0.2, -0.15) is 11.3 Å². The maximum atomic E-state index is 12.0. The predicted molar refractivity (Wildman–Crippen MR) is 63.4 cm³/mol. The normalized spacial score (nSPS) is 21.3. The van der Waals surface area contributed by atoms with E-state index in [0.29, 0.717) is 0 Å². The van der Waals surface area contributed by atoms with Crippen LogP contribution >= 0.6 is 11.3 Å². The van der Waals surface area contributed by atoms with E-state index >= 15 is 0 Å². The molecule has 2 heterocycles. The summed E-state index contributed by atoms with van der Waals surface area (Å²) in [6.45, 7) is 3.88. The van der Waals surface area contributed by atoms with Crippen molar-refractivity contribution in [1.29, 1.82) is 0 Å². The van der Waals surface area contributed by atoms with Gasteiger partial charge in [0.2, 0.25) is 5.91 Å². The minimum absolute atomic E-state index is 0.0323. The summed E-state index contributed by atoms with van der Waals surface area (Å²) < 4.78 is 0. The summed E-state index contributed by atoms with van der Waals surface area (Å²) in [4.78, 5) is 13.9. The molecule has 1 aliphatic heterocycles. The van der Waals surface area contributed by atoms with E-state index in [1.165, 1.54) is 0 Å². The van der Waals surface area contributed by atoms with Gasteiger partial charge in [0.1, 0.15) is 0 Å². The molecule has 1 saturated heterocycles. The van der Waals surface area contributed by atoms with Gasteiger partial charge in [-0.1, -0.05) is 6.92 Å². The van der Waals surface area contributed by atoms with Crippen LogP contribution in [0, 0.1) is 0 Å². The van der Waals surface area contributed by atoms with Crippen LogP contribution in [0.4, 0.5) is 5.69 Å². The highest BCUT2D eigenvalue weighted by molar-refractivity contribution is 7.08. The number of rotatable bonds is 4. The van der Waals surface area contributed by atoms with Crippen molar-refractivity contribution in [3.8, 4) is 0 Å². The number of nitrogens with one attached hydrogen (secondary N) is 1. The number of nitrogens with zero attached hydrogens (tertiary/aromatic N) is 1. The Bertz CT molecular complexity index is 323. The summed E-state index contributed by atoms with van der Waals surface area (Å²) in [5.41, 5.74) is 1.05. The van der Waals surface area contributed by atoms with Crippen LogP contribution < -0.4 is 10.2 Å². The number of carbonyl (C=O) groups is 1. The quantitative estimate of drug-likeness (QED) is 0.846. The number of carbonyl (C=O) groups excluding carboxylic acids is 1. The van der Waals surface area contributed by atoms with Gasteiger partial charge >= 0.3 is 0 Å². The molecular formula is C11H16N2OS. The van der Waals surface area contributed by atoms with Crippen LogP contribution in [0.3, 0.4) is 0 Å². The third-order valence-electron chi connectivity index (χ3n) is 2.66. The molecule has 0 saturated carbocycles. The molecule has 1 aliphatic rings. The van der Waals surface area contributed by atoms with Gasteiger partial charge in [0, 0.05) is 11.9 Å². The van der Waals surface area contributed by atoms with E-state index in [1.807, 2.05) is 21.7 Å². The van der Waals surface area contributed by atoms with E-state index in [9.17, 15) is 4.79 Å². The molecule has 0 bridgehead atoms. The third kappa shape index (κ3) is 2.21. The zero-order valence-electron chi connectivity index (χ0n) is 8.90. The molecule has 0 spiro atoms. The molecule has 1 aromatic rings. The molecule has 0 aromatic carbocycles. The standard InChI is InChI=1S/C11H16N2OS/c1-2-5-12-10-3-6-13(11(10)14)9-4-7-15-8-9/h4,7-8,10,12H,2-3,5-6H2,1H3. The first-order valence-corrected chi connectivity index (χ1v) is 6.34. The van der Waals surface area contributed by atoms with Crippen molar-refractivity contribution in [1.82, 2.24) is 5.32 Å². The van der Waals surface area contributed by atoms with Gasteiger partial charge in [0.05, 0.1) is 11.7 Å². The molecule has 15 heavy (non-hydrogen) atoms. The van der Waals surface area contributed by atoms with Crippen LogP contribution in [0.2, 0.25) is 0 Å². The Labute approximate surface area is 94.1 Å². The first-order chi connectivity index (χ1) is 7.33. The molecule has 1 amide bonds. The fraction of sp³-hybridized carbons (Fsp3) is 0.545. The Morgan fingerprint density at radius 3 is 3.20 bits per heavy atom. The number of thiophene rings is 1. The summed E-state index contributed by atoms with van der Waals surface area (Å²) in [6.07, 6.45) is 2.00. The van der Waals surface area contributed by atoms with E-state index in [-0.39, 0.29) is 11.9 Å². The van der Waals surface area contributed by atoms with Crippen LogP contribution in [0.15, 0.2) is 16.8 Å². The minimum atomic E-state index is 0.0323. The first kappa shape index (κ1) is 10.6. The van der Waals surface area contributed by atoms with Gasteiger partial charge in [-0.25, -0.2) is 0 Å². The number of hydrogen-bond donors (Lipinski definition) is 1. The van der Waals surface area contributed by atoms with E-state index < -0.39 is 0 Å². The Morgan fingerprint density at radius 1 is 1.67 bits per heavy atom. The lowest BCUT2D eigenvalue weighted by Gasteiger charge is -2.15. The van der Waals surface area contributed by atoms with Gasteiger partial charge in [0.25, 0.3) is 0 Å². The third-order valence-corrected chi connectivity index (χ3v) is 3.33. The summed E-state index contributed by atoms with van der Waals surface area (Å²) in [7, 11) is 0. The Kier molecular flexibility index (Phi) is 3.38. The maximum Gasteiger partial charge on any atom is 0.244 e. The van der Waals surface area contributed by atoms with Crippen LogP contribution in [-0.2, 0) is 4.79 Å². The molecule has 82 valence electrons. The van der Waals surface area contributed by atoms with Crippen molar-refractivity contribution < 1.29 is 4.79 Å². The summed E-state index contributed by atoms with van der Waals surface area (Å²) in [6, 6.07) is 2.04. The minimum Gasteiger partial charge on any atom is -0.310 e. The lowest BCUT2D eigenvalue weighted by atomic mass is 10.2. The number of hydrogen-bond acceptors (Lipinski definition) is 3. The van der Waals surface area contributed by atoms with Gasteiger partial charge in [-0.05, 0) is 30.8 Å². The maximum absolute atomic E-state index is 12.0. The highest BCUT2D eigenvalue weighted by atomic mass is 32.1. The molecule has 1 unspecified atom stereocenters. The van der Waals surface area contributed by atoms with Gasteiger partial charge < -0.3 is 10.2 Å². The van der Waals surface area contributed by atoms with Crippen LogP contribution in [0.1, 0.15) is 19.8 Å². The lowest BCUT2D eigenvalue weighted by molar-refractivity contribution is -0.118. The molecule has 3 nitrogen and oxygen atoms in total. The van der Waals surface area contributed by atoms with E-state index in [2.05, 4.69) is 12.2 Å². The van der Waals surface area contributed by atoms with Crippen LogP contribution in [0.5, 0.6) is 0 Å².